The van der Waals surface area contributed by atoms with Crippen molar-refractivity contribution in [2.45, 2.75) is 58.3 Å². The van der Waals surface area contributed by atoms with Crippen LogP contribution in [0.4, 0.5) is 0 Å². The average Bonchev–Trinajstić information content (AvgIpc) is 2.47. The van der Waals surface area contributed by atoms with Crippen LogP contribution in [0.15, 0.2) is 18.2 Å². The van der Waals surface area contributed by atoms with E-state index < -0.39 is 0 Å². The first kappa shape index (κ1) is 13.6. The minimum atomic E-state index is 0.212. The predicted molar refractivity (Wildman–Crippen MR) is 77.2 cm³/mol. The fourth-order valence-corrected chi connectivity index (χ4v) is 3.44. The number of hydrogen-bond acceptors (Lipinski definition) is 1. The number of aliphatic hydroxyl groups excluding tert-OH is 1. The van der Waals surface area contributed by atoms with Gasteiger partial charge in [-0.25, -0.2) is 0 Å². The second kappa shape index (κ2) is 4.09. The lowest BCUT2D eigenvalue weighted by Crippen LogP contribution is -2.30. The first-order valence-electron chi connectivity index (χ1n) is 6.98. The summed E-state index contributed by atoms with van der Waals surface area (Å²) in [7, 11) is 0. The SMILES string of the molecule is C[C@@H]1C(C)(C)c2ccc([C@H](C)CO)cc2C1(C)C. The number of fused-ring (bicyclic) bond motifs is 1. The second-order valence-electron chi connectivity index (χ2n) is 7.05. The summed E-state index contributed by atoms with van der Waals surface area (Å²) < 4.78 is 0. The number of benzene rings is 1. The van der Waals surface area contributed by atoms with Crippen LogP contribution < -0.4 is 0 Å². The Bertz CT molecular complexity index is 457. The molecule has 1 N–H and O–H groups in total. The van der Waals surface area contributed by atoms with Gasteiger partial charge < -0.3 is 5.11 Å². The van der Waals surface area contributed by atoms with Crippen LogP contribution in [0.5, 0.6) is 0 Å². The van der Waals surface area contributed by atoms with E-state index >= 15 is 0 Å². The monoisotopic (exact) mass is 246 g/mol. The number of hydrogen-bond donors (Lipinski definition) is 1. The van der Waals surface area contributed by atoms with E-state index in [0.717, 1.165) is 0 Å². The lowest BCUT2D eigenvalue weighted by molar-refractivity contribution is 0.263. The van der Waals surface area contributed by atoms with E-state index in [9.17, 15) is 5.11 Å². The van der Waals surface area contributed by atoms with E-state index in [4.69, 9.17) is 0 Å². The molecule has 18 heavy (non-hydrogen) atoms. The molecule has 1 heteroatoms. The van der Waals surface area contributed by atoms with Gasteiger partial charge in [-0.15, -0.1) is 0 Å². The van der Waals surface area contributed by atoms with Gasteiger partial charge in [-0.3, -0.25) is 0 Å². The highest BCUT2D eigenvalue weighted by Gasteiger charge is 2.48. The molecular weight excluding hydrogens is 220 g/mol. The lowest BCUT2D eigenvalue weighted by atomic mass is 9.71. The highest BCUT2D eigenvalue weighted by atomic mass is 16.3. The molecule has 0 unspecified atom stereocenters. The number of aliphatic hydroxyl groups is 1. The van der Waals surface area contributed by atoms with E-state index in [0.29, 0.717) is 5.92 Å². The summed E-state index contributed by atoms with van der Waals surface area (Å²) in [6.45, 7) is 14.0. The average molecular weight is 246 g/mol. The summed E-state index contributed by atoms with van der Waals surface area (Å²) in [5.41, 5.74) is 4.66. The predicted octanol–water partition coefficient (Wildman–Crippen LogP) is 3.99. The van der Waals surface area contributed by atoms with Gasteiger partial charge in [0, 0.05) is 12.5 Å². The maximum Gasteiger partial charge on any atom is 0.0497 e. The first-order chi connectivity index (χ1) is 8.22. The van der Waals surface area contributed by atoms with Crippen molar-refractivity contribution in [1.29, 1.82) is 0 Å². The van der Waals surface area contributed by atoms with Gasteiger partial charge in [-0.05, 0) is 33.4 Å². The van der Waals surface area contributed by atoms with Crippen molar-refractivity contribution in [3.63, 3.8) is 0 Å². The van der Waals surface area contributed by atoms with Crippen LogP contribution in [0.3, 0.4) is 0 Å². The molecule has 1 nitrogen and oxygen atoms in total. The lowest BCUT2D eigenvalue weighted by Gasteiger charge is -2.32. The molecule has 2 rings (SSSR count). The van der Waals surface area contributed by atoms with Crippen LogP contribution in [0.2, 0.25) is 0 Å². The molecule has 0 bridgehead atoms. The quantitative estimate of drug-likeness (QED) is 0.836. The Kier molecular flexibility index (Phi) is 3.09. The summed E-state index contributed by atoms with van der Waals surface area (Å²) in [6, 6.07) is 6.79. The van der Waals surface area contributed by atoms with Gasteiger partial charge in [0.05, 0.1) is 0 Å². The van der Waals surface area contributed by atoms with Crippen molar-refractivity contribution in [2.75, 3.05) is 6.61 Å². The van der Waals surface area contributed by atoms with Gasteiger partial charge in [0.25, 0.3) is 0 Å². The molecule has 2 atom stereocenters. The van der Waals surface area contributed by atoms with Crippen molar-refractivity contribution in [2.24, 2.45) is 5.92 Å². The number of rotatable bonds is 2. The van der Waals surface area contributed by atoms with Crippen LogP contribution in [-0.2, 0) is 10.8 Å². The third kappa shape index (κ3) is 1.72. The van der Waals surface area contributed by atoms with E-state index in [1.54, 1.807) is 0 Å². The zero-order chi connectivity index (χ0) is 13.7. The maximum atomic E-state index is 9.32. The van der Waals surface area contributed by atoms with Gasteiger partial charge in [-0.2, -0.15) is 0 Å². The van der Waals surface area contributed by atoms with Gasteiger partial charge in [0.2, 0.25) is 0 Å². The molecule has 1 aliphatic rings. The van der Waals surface area contributed by atoms with Crippen molar-refractivity contribution in [1.82, 2.24) is 0 Å². The van der Waals surface area contributed by atoms with Crippen LogP contribution >= 0.6 is 0 Å². The zero-order valence-corrected chi connectivity index (χ0v) is 12.5. The first-order valence-corrected chi connectivity index (χ1v) is 6.98. The molecule has 0 aromatic heterocycles. The molecular formula is C17H26O. The fourth-order valence-electron chi connectivity index (χ4n) is 3.44. The summed E-state index contributed by atoms with van der Waals surface area (Å²) in [4.78, 5) is 0. The Labute approximate surface area is 111 Å². The summed E-state index contributed by atoms with van der Waals surface area (Å²) >= 11 is 0. The largest absolute Gasteiger partial charge is 0.396 e. The van der Waals surface area contributed by atoms with Crippen LogP contribution in [0, 0.1) is 5.92 Å². The molecule has 0 amide bonds. The van der Waals surface area contributed by atoms with Crippen molar-refractivity contribution in [3.05, 3.63) is 34.9 Å². The maximum absolute atomic E-state index is 9.32. The van der Waals surface area contributed by atoms with E-state index in [1.165, 1.54) is 16.7 Å². The Morgan fingerprint density at radius 1 is 1.11 bits per heavy atom. The molecule has 0 fully saturated rings. The summed E-state index contributed by atoms with van der Waals surface area (Å²) in [5.74, 6) is 0.852. The highest BCUT2D eigenvalue weighted by Crippen LogP contribution is 2.53. The highest BCUT2D eigenvalue weighted by molar-refractivity contribution is 5.48. The molecule has 0 saturated carbocycles. The van der Waals surface area contributed by atoms with Gasteiger partial charge in [0.1, 0.15) is 0 Å². The standard InChI is InChI=1S/C17H26O/c1-11(10-18)13-7-8-14-15(9-13)17(5,6)12(2)16(14,3)4/h7-9,11-12,18H,10H2,1-6H3/t11-,12-/m1/s1. The minimum absolute atomic E-state index is 0.212. The minimum Gasteiger partial charge on any atom is -0.396 e. The molecule has 0 heterocycles. The molecule has 100 valence electrons. The van der Waals surface area contributed by atoms with Gasteiger partial charge in [-0.1, -0.05) is 59.7 Å². The molecule has 0 radical (unpaired) electrons. The Morgan fingerprint density at radius 3 is 2.22 bits per heavy atom. The van der Waals surface area contributed by atoms with Crippen LogP contribution in [0.1, 0.15) is 64.2 Å². The molecule has 1 aromatic carbocycles. The fraction of sp³-hybridized carbons (Fsp3) is 0.647. The van der Waals surface area contributed by atoms with Crippen molar-refractivity contribution < 1.29 is 5.11 Å². The normalized spacial score (nSPS) is 25.8. The molecule has 1 aromatic rings. The zero-order valence-electron chi connectivity index (χ0n) is 12.5. The third-order valence-electron chi connectivity index (χ3n) is 5.44. The summed E-state index contributed by atoms with van der Waals surface area (Å²) in [5, 5.41) is 9.32. The van der Waals surface area contributed by atoms with E-state index in [-0.39, 0.29) is 23.4 Å². The van der Waals surface area contributed by atoms with Crippen LogP contribution in [0.25, 0.3) is 0 Å². The second-order valence-corrected chi connectivity index (χ2v) is 7.05. The van der Waals surface area contributed by atoms with E-state index in [1.807, 2.05) is 0 Å². The Balaban J connectivity index is 2.58. The Morgan fingerprint density at radius 2 is 1.67 bits per heavy atom. The smallest absolute Gasteiger partial charge is 0.0497 e. The third-order valence-corrected chi connectivity index (χ3v) is 5.44. The van der Waals surface area contributed by atoms with Gasteiger partial charge >= 0.3 is 0 Å². The molecule has 0 saturated heterocycles. The summed E-state index contributed by atoms with van der Waals surface area (Å²) in [6.07, 6.45) is 0. The van der Waals surface area contributed by atoms with Crippen LogP contribution in [-0.4, -0.2) is 11.7 Å². The van der Waals surface area contributed by atoms with Crippen molar-refractivity contribution >= 4 is 0 Å². The molecule has 0 spiro atoms. The van der Waals surface area contributed by atoms with Crippen molar-refractivity contribution in [3.8, 4) is 0 Å². The van der Waals surface area contributed by atoms with Gasteiger partial charge in [0.15, 0.2) is 0 Å². The topological polar surface area (TPSA) is 20.2 Å². The molecule has 0 aliphatic heterocycles. The van der Waals surface area contributed by atoms with E-state index in [2.05, 4.69) is 59.7 Å². The Hall–Kier alpha value is -0.820. The molecule has 1 aliphatic carbocycles.